The maximum absolute atomic E-state index is 13.0. The third-order valence-electron chi connectivity index (χ3n) is 1.99. The fourth-order valence-electron chi connectivity index (χ4n) is 1.20. The molecule has 1 rings (SSSR count). The first-order chi connectivity index (χ1) is 9.18. The van der Waals surface area contributed by atoms with Crippen LogP contribution in [-0.2, 0) is 20.6 Å². The molecule has 0 bridgehead atoms. The standard InChI is InChI=1S/C10H7ClF3NO4S/c11-9(12)10(13,14)19-8-4-2-1-3-7(8)5-20(17,18)15-6-16/h1-4,9H,5H2. The Hall–Kier alpha value is -1.57. The molecule has 0 aliphatic heterocycles. The number of ether oxygens (including phenoxy) is 1. The van der Waals surface area contributed by atoms with Crippen LogP contribution in [-0.4, -0.2) is 26.2 Å². The summed E-state index contributed by atoms with van der Waals surface area (Å²) in [6.45, 7) is 0. The number of isocyanates is 1. The fourth-order valence-corrected chi connectivity index (χ4v) is 2.05. The van der Waals surface area contributed by atoms with E-state index in [2.05, 4.69) is 20.7 Å². The molecule has 0 aliphatic rings. The molecule has 0 amide bonds. The van der Waals surface area contributed by atoms with Crippen LogP contribution in [0.3, 0.4) is 0 Å². The molecule has 0 N–H and O–H groups in total. The van der Waals surface area contributed by atoms with E-state index in [-0.39, 0.29) is 5.56 Å². The molecule has 0 aromatic heterocycles. The van der Waals surface area contributed by atoms with Gasteiger partial charge < -0.3 is 4.74 Å². The number of benzene rings is 1. The Kier molecular flexibility index (Phi) is 5.15. The number of nitrogens with zero attached hydrogens (tertiary/aromatic N) is 1. The SMILES string of the molecule is O=C=NS(=O)(=O)Cc1ccccc1OC(F)(F)C(F)Cl. The Bertz CT molecular complexity index is 629. The van der Waals surface area contributed by atoms with E-state index in [1.165, 1.54) is 12.1 Å². The highest BCUT2D eigenvalue weighted by atomic mass is 35.5. The second kappa shape index (κ2) is 6.25. The summed E-state index contributed by atoms with van der Waals surface area (Å²) in [7, 11) is -4.23. The molecule has 0 heterocycles. The van der Waals surface area contributed by atoms with E-state index < -0.39 is 33.3 Å². The normalized spacial score (nSPS) is 13.4. The molecule has 0 aliphatic carbocycles. The minimum absolute atomic E-state index is 0.233. The van der Waals surface area contributed by atoms with Gasteiger partial charge in [-0.05, 0) is 6.07 Å². The number of hydrogen-bond donors (Lipinski definition) is 0. The van der Waals surface area contributed by atoms with Gasteiger partial charge in [-0.25, -0.2) is 17.6 Å². The average Bonchev–Trinajstić information content (AvgIpc) is 2.30. The molecule has 20 heavy (non-hydrogen) atoms. The Morgan fingerprint density at radius 3 is 2.55 bits per heavy atom. The van der Waals surface area contributed by atoms with Crippen LogP contribution in [0.4, 0.5) is 13.2 Å². The van der Waals surface area contributed by atoms with Crippen LogP contribution in [0.5, 0.6) is 5.75 Å². The first kappa shape index (κ1) is 16.5. The van der Waals surface area contributed by atoms with Crippen LogP contribution in [0.15, 0.2) is 28.7 Å². The zero-order valence-electron chi connectivity index (χ0n) is 9.59. The van der Waals surface area contributed by atoms with Crippen molar-refractivity contribution in [1.82, 2.24) is 0 Å². The summed E-state index contributed by atoms with van der Waals surface area (Å²) < 4.78 is 67.7. The van der Waals surface area contributed by atoms with Crippen LogP contribution >= 0.6 is 11.6 Å². The van der Waals surface area contributed by atoms with Crippen LogP contribution in [0.2, 0.25) is 0 Å². The average molecular weight is 330 g/mol. The number of hydrogen-bond acceptors (Lipinski definition) is 4. The summed E-state index contributed by atoms with van der Waals surface area (Å²) in [5, 5.41) is 0. The summed E-state index contributed by atoms with van der Waals surface area (Å²) in [6.07, 6.45) is -3.51. The fraction of sp³-hybridized carbons (Fsp3) is 0.300. The maximum Gasteiger partial charge on any atom is 0.444 e. The van der Waals surface area contributed by atoms with Crippen molar-refractivity contribution in [3.8, 4) is 5.75 Å². The molecule has 0 spiro atoms. The predicted octanol–water partition coefficient (Wildman–Crippen LogP) is 2.36. The van der Waals surface area contributed by atoms with Crippen LogP contribution < -0.4 is 4.74 Å². The van der Waals surface area contributed by atoms with Gasteiger partial charge in [-0.2, -0.15) is 8.78 Å². The molecule has 1 aromatic carbocycles. The van der Waals surface area contributed by atoms with Crippen molar-refractivity contribution in [3.63, 3.8) is 0 Å². The van der Waals surface area contributed by atoms with Crippen LogP contribution in [0, 0.1) is 0 Å². The Morgan fingerprint density at radius 1 is 1.40 bits per heavy atom. The van der Waals surface area contributed by atoms with Gasteiger partial charge in [-0.1, -0.05) is 34.2 Å². The van der Waals surface area contributed by atoms with E-state index in [1.54, 1.807) is 0 Å². The largest absolute Gasteiger partial charge is 0.444 e. The van der Waals surface area contributed by atoms with Crippen LogP contribution in [0.1, 0.15) is 5.56 Å². The zero-order valence-corrected chi connectivity index (χ0v) is 11.2. The monoisotopic (exact) mass is 329 g/mol. The van der Waals surface area contributed by atoms with Crippen LogP contribution in [0.25, 0.3) is 0 Å². The maximum atomic E-state index is 13.0. The third kappa shape index (κ3) is 4.52. The lowest BCUT2D eigenvalue weighted by Gasteiger charge is -2.19. The van der Waals surface area contributed by atoms with Crippen molar-refractivity contribution in [3.05, 3.63) is 29.8 Å². The molecule has 1 unspecified atom stereocenters. The third-order valence-corrected chi connectivity index (χ3v) is 3.27. The van der Waals surface area contributed by atoms with Gasteiger partial charge in [0.15, 0.2) is 0 Å². The van der Waals surface area contributed by atoms with Crippen molar-refractivity contribution < 1.29 is 31.1 Å². The molecule has 0 saturated heterocycles. The molecule has 10 heteroatoms. The van der Waals surface area contributed by atoms with Crippen molar-refractivity contribution in [2.24, 2.45) is 4.40 Å². The van der Waals surface area contributed by atoms with E-state index in [1.807, 2.05) is 0 Å². The van der Waals surface area contributed by atoms with E-state index >= 15 is 0 Å². The molecule has 110 valence electrons. The van der Waals surface area contributed by atoms with Gasteiger partial charge in [-0.3, -0.25) is 0 Å². The Balaban J connectivity index is 3.09. The number of sulfonamides is 1. The molecule has 5 nitrogen and oxygen atoms in total. The van der Waals surface area contributed by atoms with E-state index in [0.717, 1.165) is 18.2 Å². The Morgan fingerprint density at radius 2 is 2.00 bits per heavy atom. The Labute approximate surface area is 117 Å². The lowest BCUT2D eigenvalue weighted by molar-refractivity contribution is -0.199. The van der Waals surface area contributed by atoms with Gasteiger partial charge in [0.25, 0.3) is 21.7 Å². The molecule has 1 aromatic rings. The molecule has 1 atom stereocenters. The summed E-state index contributed by atoms with van der Waals surface area (Å²) in [6, 6.07) is 4.76. The lowest BCUT2D eigenvalue weighted by Crippen LogP contribution is -2.33. The number of carbonyl (C=O) groups excluding carboxylic acids is 1. The van der Waals surface area contributed by atoms with Crippen molar-refractivity contribution in [2.75, 3.05) is 0 Å². The molecule has 0 fully saturated rings. The molecular formula is C10H7ClF3NO4S. The van der Waals surface area contributed by atoms with Crippen molar-refractivity contribution in [2.45, 2.75) is 17.5 Å². The highest BCUT2D eigenvalue weighted by molar-refractivity contribution is 7.89. The van der Waals surface area contributed by atoms with Gasteiger partial charge >= 0.3 is 6.11 Å². The highest BCUT2D eigenvalue weighted by Crippen LogP contribution is 2.31. The van der Waals surface area contributed by atoms with Gasteiger partial charge in [0.05, 0.1) is 0 Å². The molecular weight excluding hydrogens is 323 g/mol. The summed E-state index contributed by atoms with van der Waals surface area (Å²) in [5.74, 6) is -1.47. The van der Waals surface area contributed by atoms with E-state index in [9.17, 15) is 26.4 Å². The van der Waals surface area contributed by atoms with Gasteiger partial charge in [0.2, 0.25) is 0 Å². The van der Waals surface area contributed by atoms with Gasteiger partial charge in [0.1, 0.15) is 11.5 Å². The number of halogens is 4. The topological polar surface area (TPSA) is 72.8 Å². The lowest BCUT2D eigenvalue weighted by atomic mass is 10.2. The number of alkyl halides is 4. The number of rotatable bonds is 6. The van der Waals surface area contributed by atoms with Gasteiger partial charge in [0, 0.05) is 5.56 Å². The minimum Gasteiger partial charge on any atom is -0.429 e. The quantitative estimate of drug-likeness (QED) is 0.456. The second-order valence-corrected chi connectivity index (χ2v) is 5.50. The predicted molar refractivity (Wildman–Crippen MR) is 63.5 cm³/mol. The molecule has 0 saturated carbocycles. The summed E-state index contributed by atoms with van der Waals surface area (Å²) in [5.41, 5.74) is -3.34. The smallest absolute Gasteiger partial charge is 0.429 e. The van der Waals surface area contributed by atoms with Gasteiger partial charge in [-0.15, -0.1) is 0 Å². The van der Waals surface area contributed by atoms with E-state index in [0.29, 0.717) is 0 Å². The number of para-hydroxylation sites is 1. The van der Waals surface area contributed by atoms with Crippen molar-refractivity contribution in [1.29, 1.82) is 0 Å². The summed E-state index contributed by atoms with van der Waals surface area (Å²) in [4.78, 5) is 9.92. The van der Waals surface area contributed by atoms with Crippen molar-refractivity contribution >= 4 is 27.7 Å². The zero-order chi connectivity index (χ0) is 15.4. The second-order valence-electron chi connectivity index (χ2n) is 3.48. The van der Waals surface area contributed by atoms with E-state index in [4.69, 9.17) is 0 Å². The summed E-state index contributed by atoms with van der Waals surface area (Å²) >= 11 is 4.62. The first-order valence-corrected chi connectivity index (χ1v) is 6.97. The minimum atomic E-state index is -4.34. The highest BCUT2D eigenvalue weighted by Gasteiger charge is 2.42. The molecule has 0 radical (unpaired) electrons. The first-order valence-electron chi connectivity index (χ1n) is 4.92.